The van der Waals surface area contributed by atoms with Gasteiger partial charge in [-0.05, 0) is 89.8 Å². The zero-order valence-electron chi connectivity index (χ0n) is 24.7. The second-order valence-corrected chi connectivity index (χ2v) is 12.9. The van der Waals surface area contributed by atoms with E-state index in [1.807, 2.05) is 61.5 Å². The quantitative estimate of drug-likeness (QED) is 0.329. The van der Waals surface area contributed by atoms with Gasteiger partial charge in [-0.3, -0.25) is 9.59 Å². The van der Waals surface area contributed by atoms with Crippen molar-refractivity contribution in [2.24, 2.45) is 11.3 Å². The lowest BCUT2D eigenvalue weighted by Crippen LogP contribution is -2.58. The molecule has 2 N–H and O–H groups in total. The molecule has 210 valence electrons. The molecule has 0 heterocycles. The van der Waals surface area contributed by atoms with Gasteiger partial charge in [0, 0.05) is 12.1 Å². The van der Waals surface area contributed by atoms with E-state index in [2.05, 4.69) is 56.5 Å². The molecule has 0 radical (unpaired) electrons. The minimum Gasteiger partial charge on any atom is -0.343 e. The van der Waals surface area contributed by atoms with Crippen LogP contribution in [-0.2, 0) is 27.8 Å². The summed E-state index contributed by atoms with van der Waals surface area (Å²) in [7, 11) is 0. The highest BCUT2D eigenvalue weighted by Gasteiger charge is 2.55. The minimum atomic E-state index is -0.662. The number of hydrogen-bond acceptors (Lipinski definition) is 2. The summed E-state index contributed by atoms with van der Waals surface area (Å²) < 4.78 is 0. The summed E-state index contributed by atoms with van der Waals surface area (Å²) in [4.78, 5) is 27.9. The van der Waals surface area contributed by atoms with Crippen LogP contribution in [-0.4, -0.2) is 17.9 Å². The Morgan fingerprint density at radius 3 is 2.45 bits per heavy atom. The molecule has 1 saturated carbocycles. The van der Waals surface area contributed by atoms with Crippen molar-refractivity contribution >= 4 is 17.5 Å². The molecule has 0 unspecified atom stereocenters. The highest BCUT2D eigenvalue weighted by molar-refractivity contribution is 5.98. The molecule has 0 aromatic heterocycles. The number of fused-ring (bicyclic) bond motifs is 3. The van der Waals surface area contributed by atoms with Gasteiger partial charge in [-0.15, -0.1) is 0 Å². The third-order valence-corrected chi connectivity index (χ3v) is 9.75. The third-order valence-electron chi connectivity index (χ3n) is 9.75. The van der Waals surface area contributed by atoms with Gasteiger partial charge in [0.1, 0.15) is 6.04 Å². The van der Waals surface area contributed by atoms with Gasteiger partial charge in [0.05, 0.1) is 5.41 Å². The van der Waals surface area contributed by atoms with Gasteiger partial charge in [-0.1, -0.05) is 94.8 Å². The van der Waals surface area contributed by atoms with E-state index in [9.17, 15) is 9.59 Å². The molecule has 2 aliphatic carbocycles. The molecule has 4 heteroatoms. The molecule has 0 aliphatic heterocycles. The minimum absolute atomic E-state index is 0.00555. The summed E-state index contributed by atoms with van der Waals surface area (Å²) >= 11 is 0. The molecular weight excluding hydrogens is 492 g/mol. The van der Waals surface area contributed by atoms with E-state index < -0.39 is 11.5 Å². The van der Waals surface area contributed by atoms with Crippen LogP contribution in [0.4, 0.5) is 5.69 Å². The highest BCUT2D eigenvalue weighted by Crippen LogP contribution is 2.57. The van der Waals surface area contributed by atoms with Gasteiger partial charge in [0.15, 0.2) is 0 Å². The zero-order chi connectivity index (χ0) is 28.5. The van der Waals surface area contributed by atoms with E-state index in [-0.39, 0.29) is 23.1 Å². The maximum absolute atomic E-state index is 14.3. The maximum atomic E-state index is 14.3. The van der Waals surface area contributed by atoms with Crippen molar-refractivity contribution in [2.75, 3.05) is 5.32 Å². The Morgan fingerprint density at radius 2 is 1.73 bits per heavy atom. The second kappa shape index (κ2) is 11.2. The molecule has 4 atom stereocenters. The number of carbonyl (C=O) groups is 2. The van der Waals surface area contributed by atoms with Gasteiger partial charge < -0.3 is 10.6 Å². The van der Waals surface area contributed by atoms with Crippen molar-refractivity contribution in [3.05, 3.63) is 101 Å². The van der Waals surface area contributed by atoms with Crippen molar-refractivity contribution in [3.63, 3.8) is 0 Å². The zero-order valence-corrected chi connectivity index (χ0v) is 24.7. The van der Waals surface area contributed by atoms with E-state index in [0.29, 0.717) is 12.3 Å². The fourth-order valence-corrected chi connectivity index (χ4v) is 7.48. The first-order valence-electron chi connectivity index (χ1n) is 15.0. The number of rotatable bonds is 7. The van der Waals surface area contributed by atoms with Crippen molar-refractivity contribution in [2.45, 2.75) is 90.5 Å². The van der Waals surface area contributed by atoms with Crippen molar-refractivity contribution < 1.29 is 9.59 Å². The van der Waals surface area contributed by atoms with Crippen molar-refractivity contribution in [1.29, 1.82) is 0 Å². The lowest BCUT2D eigenvalue weighted by Gasteiger charge is -2.54. The molecular formula is C36H44N2O2. The average molecular weight is 537 g/mol. The van der Waals surface area contributed by atoms with Crippen LogP contribution in [0, 0.1) is 18.3 Å². The van der Waals surface area contributed by atoms with E-state index in [0.717, 1.165) is 48.9 Å². The molecule has 3 aromatic carbocycles. The Hall–Kier alpha value is -3.40. The fraction of sp³-hybridized carbons (Fsp3) is 0.444. The number of anilines is 1. The first-order valence-corrected chi connectivity index (χ1v) is 15.0. The third kappa shape index (κ3) is 5.46. The lowest BCUT2D eigenvalue weighted by atomic mass is 9.49. The van der Waals surface area contributed by atoms with E-state index in [1.54, 1.807) is 0 Å². The molecule has 1 fully saturated rings. The van der Waals surface area contributed by atoms with Crippen molar-refractivity contribution in [1.82, 2.24) is 5.32 Å². The van der Waals surface area contributed by atoms with Gasteiger partial charge in [0.2, 0.25) is 11.8 Å². The summed E-state index contributed by atoms with van der Waals surface area (Å²) in [5, 5.41) is 6.32. The van der Waals surface area contributed by atoms with Gasteiger partial charge >= 0.3 is 0 Å². The molecule has 2 amide bonds. The predicted octanol–water partition coefficient (Wildman–Crippen LogP) is 7.49. The van der Waals surface area contributed by atoms with E-state index in [4.69, 9.17) is 0 Å². The largest absolute Gasteiger partial charge is 0.343 e. The Labute approximate surface area is 240 Å². The molecule has 40 heavy (non-hydrogen) atoms. The second-order valence-electron chi connectivity index (χ2n) is 12.9. The molecule has 0 bridgehead atoms. The number of aryl methyl sites for hydroxylation is 2. The normalized spacial score (nSPS) is 24.5. The van der Waals surface area contributed by atoms with Crippen LogP contribution in [0.15, 0.2) is 72.8 Å². The van der Waals surface area contributed by atoms with Crippen LogP contribution < -0.4 is 10.6 Å². The molecule has 5 rings (SSSR count). The summed E-state index contributed by atoms with van der Waals surface area (Å²) in [5.41, 5.74) is 6.52. The highest BCUT2D eigenvalue weighted by atomic mass is 16.2. The Morgan fingerprint density at radius 1 is 0.950 bits per heavy atom. The first kappa shape index (κ1) is 28.1. The molecule has 4 nitrogen and oxygen atoms in total. The Kier molecular flexibility index (Phi) is 7.90. The average Bonchev–Trinajstić information content (AvgIpc) is 2.92. The molecule has 0 saturated heterocycles. The van der Waals surface area contributed by atoms with Crippen LogP contribution in [0.1, 0.15) is 87.1 Å². The molecule has 0 spiro atoms. The first-order chi connectivity index (χ1) is 19.1. The van der Waals surface area contributed by atoms with Gasteiger partial charge in [-0.25, -0.2) is 0 Å². The Balaban J connectivity index is 1.41. The van der Waals surface area contributed by atoms with E-state index >= 15 is 0 Å². The van der Waals surface area contributed by atoms with Gasteiger partial charge in [0.25, 0.3) is 0 Å². The van der Waals surface area contributed by atoms with Crippen LogP contribution in [0.2, 0.25) is 0 Å². The van der Waals surface area contributed by atoms with Crippen molar-refractivity contribution in [3.8, 4) is 0 Å². The number of carbonyl (C=O) groups excluding carboxylic acids is 2. The summed E-state index contributed by atoms with van der Waals surface area (Å²) in [5.74, 6) is 0.556. The summed E-state index contributed by atoms with van der Waals surface area (Å²) in [6, 6.07) is 24.1. The summed E-state index contributed by atoms with van der Waals surface area (Å²) in [6.07, 6.45) is 5.38. The number of nitrogens with one attached hydrogen (secondary N) is 2. The SMILES string of the molecule is Cc1cccc(NC(=O)[C@@H](Cc2ccccc2)NC(=O)[C@]2(C)CCC[C@]3(C)c4ccc(C(C)C)cc4CC[C@@H]23)c1. The van der Waals surface area contributed by atoms with E-state index in [1.165, 1.54) is 16.7 Å². The topological polar surface area (TPSA) is 58.2 Å². The number of hydrogen-bond donors (Lipinski definition) is 2. The fourth-order valence-electron chi connectivity index (χ4n) is 7.48. The summed E-state index contributed by atoms with van der Waals surface area (Å²) in [6.45, 7) is 11.0. The number of amides is 2. The molecule has 3 aromatic rings. The van der Waals surface area contributed by atoms with Crippen LogP contribution in [0.3, 0.4) is 0 Å². The molecule has 2 aliphatic rings. The smallest absolute Gasteiger partial charge is 0.247 e. The van der Waals surface area contributed by atoms with Gasteiger partial charge in [-0.2, -0.15) is 0 Å². The van der Waals surface area contributed by atoms with Crippen LogP contribution in [0.25, 0.3) is 0 Å². The predicted molar refractivity (Wildman–Crippen MR) is 164 cm³/mol. The van der Waals surface area contributed by atoms with Crippen LogP contribution in [0.5, 0.6) is 0 Å². The Bertz CT molecular complexity index is 1380. The maximum Gasteiger partial charge on any atom is 0.247 e. The monoisotopic (exact) mass is 536 g/mol. The number of benzene rings is 3. The standard InChI is InChI=1S/C36H44N2O2/c1-24(2)27-15-17-30-28(23-27)16-18-32-35(30,4)19-10-20-36(32,5)34(40)38-31(22-26-12-7-6-8-13-26)33(39)37-29-14-9-11-25(3)21-29/h6-9,11-15,17,21,23-24,31-32H,10,16,18-20,22H2,1-5H3,(H,37,39)(H,38,40)/t31-,32-,35-,36-/m1/s1. The van der Waals surface area contributed by atoms with Crippen LogP contribution >= 0.6 is 0 Å². The lowest BCUT2D eigenvalue weighted by molar-refractivity contribution is -0.141.